The number of H-pyrrole nitrogens is 1. The zero-order chi connectivity index (χ0) is 16.7. The third-order valence-electron chi connectivity index (χ3n) is 7.07. The number of Topliss-reactive ketones (excluding diaryl/α,β-unsaturated/α-hetero) is 1. The summed E-state index contributed by atoms with van der Waals surface area (Å²) in [6.07, 6.45) is 4.16. The molecular weight excluding hydrogens is 338 g/mol. The molecule has 6 nitrogen and oxygen atoms in total. The molecule has 128 valence electrons. The molecular formula is C18H17N3O3S. The lowest BCUT2D eigenvalue weighted by molar-refractivity contribution is -0.0617. The summed E-state index contributed by atoms with van der Waals surface area (Å²) in [7, 11) is 0. The first-order chi connectivity index (χ1) is 12.1. The lowest BCUT2D eigenvalue weighted by Crippen LogP contribution is -2.68. The molecule has 25 heavy (non-hydrogen) atoms. The number of nitrogens with one attached hydrogen (secondary N) is 2. The summed E-state index contributed by atoms with van der Waals surface area (Å²) in [5.41, 5.74) is 4.53. The molecule has 6 atom stereocenters. The monoisotopic (exact) mass is 355 g/mol. The van der Waals surface area contributed by atoms with Crippen LogP contribution in [-0.2, 0) is 6.42 Å². The summed E-state index contributed by atoms with van der Waals surface area (Å²) in [5, 5.41) is 25.8. The number of aromatic nitrogens is 1. The van der Waals surface area contributed by atoms with E-state index in [0.717, 1.165) is 41.1 Å². The van der Waals surface area contributed by atoms with Crippen LogP contribution in [0.4, 0.5) is 0 Å². The van der Waals surface area contributed by atoms with Gasteiger partial charge in [-0.05, 0) is 35.0 Å². The van der Waals surface area contributed by atoms with E-state index in [4.69, 9.17) is 0 Å². The predicted octanol–water partition coefficient (Wildman–Crippen LogP) is 0.203. The van der Waals surface area contributed by atoms with E-state index in [-0.39, 0.29) is 23.2 Å². The van der Waals surface area contributed by atoms with E-state index in [9.17, 15) is 15.0 Å². The number of aromatic amines is 1. The molecule has 2 saturated heterocycles. The molecule has 1 spiro atoms. The van der Waals surface area contributed by atoms with E-state index in [1.165, 1.54) is 5.56 Å². The van der Waals surface area contributed by atoms with Crippen molar-refractivity contribution in [2.75, 3.05) is 6.54 Å². The minimum atomic E-state index is -0.684. The summed E-state index contributed by atoms with van der Waals surface area (Å²) < 4.78 is 0. The number of aliphatic hydroxyl groups excluding tert-OH is 2. The third kappa shape index (κ3) is 1.23. The van der Waals surface area contributed by atoms with Crippen LogP contribution in [0.25, 0.3) is 5.70 Å². The minimum Gasteiger partial charge on any atom is -0.390 e. The quantitative estimate of drug-likeness (QED) is 0.532. The highest BCUT2D eigenvalue weighted by molar-refractivity contribution is 8.04. The Morgan fingerprint density at radius 1 is 1.36 bits per heavy atom. The molecule has 6 aliphatic rings. The summed E-state index contributed by atoms with van der Waals surface area (Å²) in [5.74, 6) is 0.0875. The number of carbonyl (C=O) groups is 1. The maximum atomic E-state index is 13.2. The normalized spacial score (nSPS) is 45.0. The fourth-order valence-corrected chi connectivity index (χ4v) is 7.76. The Labute approximate surface area is 148 Å². The third-order valence-corrected chi connectivity index (χ3v) is 8.41. The van der Waals surface area contributed by atoms with Crippen molar-refractivity contribution in [1.82, 2.24) is 15.2 Å². The Hall–Kier alpha value is -1.54. The molecule has 0 saturated carbocycles. The molecule has 6 unspecified atom stereocenters. The highest BCUT2D eigenvalue weighted by Gasteiger charge is 2.68. The Bertz CT molecular complexity index is 949. The molecule has 1 aromatic rings. The van der Waals surface area contributed by atoms with Gasteiger partial charge >= 0.3 is 0 Å². The molecule has 4 N–H and O–H groups in total. The van der Waals surface area contributed by atoms with Crippen molar-refractivity contribution in [2.45, 2.75) is 42.5 Å². The van der Waals surface area contributed by atoms with Gasteiger partial charge in [0.2, 0.25) is 5.78 Å². The first-order valence-corrected chi connectivity index (χ1v) is 9.76. The second-order valence-corrected chi connectivity index (χ2v) is 9.22. The Morgan fingerprint density at radius 2 is 2.24 bits per heavy atom. The molecule has 2 aliphatic carbocycles. The zero-order valence-corrected chi connectivity index (χ0v) is 14.1. The first-order valence-electron chi connectivity index (χ1n) is 8.88. The predicted molar refractivity (Wildman–Crippen MR) is 91.7 cm³/mol. The van der Waals surface area contributed by atoms with Gasteiger partial charge < -0.3 is 20.1 Å². The lowest BCUT2D eigenvalue weighted by atomic mass is 9.57. The van der Waals surface area contributed by atoms with Gasteiger partial charge in [-0.3, -0.25) is 10.1 Å². The van der Waals surface area contributed by atoms with Gasteiger partial charge in [0.25, 0.3) is 0 Å². The van der Waals surface area contributed by atoms with Crippen molar-refractivity contribution < 1.29 is 15.0 Å². The smallest absolute Gasteiger partial charge is 0.200 e. The largest absolute Gasteiger partial charge is 0.390 e. The molecule has 3 bridgehead atoms. The number of fused-ring (bicyclic) bond motifs is 3. The number of piperidine rings is 1. The summed E-state index contributed by atoms with van der Waals surface area (Å²) >= 11 is 1.67. The number of nitrogens with zero attached hydrogens (tertiary/aromatic N) is 1. The molecule has 0 amide bonds. The molecule has 0 aromatic carbocycles. The number of carbonyl (C=O) groups excluding carboxylic acids is 1. The molecule has 2 fully saturated rings. The van der Waals surface area contributed by atoms with Crippen LogP contribution < -0.4 is 5.32 Å². The minimum absolute atomic E-state index is 0.0875. The highest BCUT2D eigenvalue weighted by atomic mass is 32.2. The van der Waals surface area contributed by atoms with E-state index >= 15 is 0 Å². The summed E-state index contributed by atoms with van der Waals surface area (Å²) in [6.45, 7) is 0.763. The van der Waals surface area contributed by atoms with Crippen LogP contribution in [0.2, 0.25) is 0 Å². The fraction of sp³-hybridized carbons (Fsp3) is 0.500. The van der Waals surface area contributed by atoms with Gasteiger partial charge in [-0.2, -0.15) is 0 Å². The fourth-order valence-electron chi connectivity index (χ4n) is 6.17. The Morgan fingerprint density at radius 3 is 3.12 bits per heavy atom. The van der Waals surface area contributed by atoms with Gasteiger partial charge in [-0.25, -0.2) is 0 Å². The average Bonchev–Trinajstić information content (AvgIpc) is 3.13. The van der Waals surface area contributed by atoms with E-state index in [1.807, 2.05) is 12.3 Å². The number of ketones is 1. The van der Waals surface area contributed by atoms with Crippen LogP contribution in [0.3, 0.4) is 0 Å². The zero-order valence-electron chi connectivity index (χ0n) is 13.3. The van der Waals surface area contributed by atoms with Gasteiger partial charge in [0, 0.05) is 24.0 Å². The topological polar surface area (TPSA) is 88.6 Å². The number of aliphatic hydroxyl groups is 2. The number of hydrogen-bond donors (Lipinski definition) is 4. The second kappa shape index (κ2) is 3.91. The molecule has 7 heteroatoms. The van der Waals surface area contributed by atoms with Crippen LogP contribution in [0.15, 0.2) is 22.8 Å². The van der Waals surface area contributed by atoms with Gasteiger partial charge in [0.1, 0.15) is 0 Å². The lowest BCUT2D eigenvalue weighted by Gasteiger charge is -2.59. The van der Waals surface area contributed by atoms with Crippen molar-refractivity contribution in [3.63, 3.8) is 0 Å². The Kier molecular flexibility index (Phi) is 2.13. The SMILES string of the molecule is O=C1c2[nH]cc3c2C2=C4C1NC1CC45C(=CC(O)C(C5O)N2CC3)S1. The number of rotatable bonds is 0. The van der Waals surface area contributed by atoms with Crippen molar-refractivity contribution in [2.24, 2.45) is 5.41 Å². The van der Waals surface area contributed by atoms with E-state index < -0.39 is 17.6 Å². The first kappa shape index (κ1) is 13.6. The van der Waals surface area contributed by atoms with E-state index in [1.54, 1.807) is 11.8 Å². The maximum Gasteiger partial charge on any atom is 0.200 e. The Balaban J connectivity index is 1.66. The standard InChI is InChI=1S/C18H17N3O3S/c22-7-3-8-18-4-9(25-8)20-13-11(18)15-10-6(5-19-12(10)16(13)23)1-2-21(15)14(7)17(18)24/h3,5,7,9,13-14,17,19-20,22,24H,1-2,4H2. The highest BCUT2D eigenvalue weighted by Crippen LogP contribution is 2.67. The summed E-state index contributed by atoms with van der Waals surface area (Å²) in [4.78, 5) is 19.6. The van der Waals surface area contributed by atoms with Gasteiger partial charge in [-0.15, -0.1) is 11.8 Å². The molecule has 0 radical (unpaired) electrons. The van der Waals surface area contributed by atoms with Crippen molar-refractivity contribution >= 4 is 23.2 Å². The molecule has 1 aromatic heterocycles. The van der Waals surface area contributed by atoms with E-state index in [2.05, 4.69) is 15.2 Å². The van der Waals surface area contributed by atoms with Crippen LogP contribution in [0.5, 0.6) is 0 Å². The van der Waals surface area contributed by atoms with Crippen LogP contribution in [-0.4, -0.2) is 62.1 Å². The van der Waals surface area contributed by atoms with Crippen LogP contribution in [0.1, 0.15) is 28.0 Å². The van der Waals surface area contributed by atoms with Crippen LogP contribution >= 0.6 is 11.8 Å². The molecule has 7 rings (SSSR count). The second-order valence-electron chi connectivity index (χ2n) is 7.97. The molecule has 5 heterocycles. The van der Waals surface area contributed by atoms with Crippen LogP contribution in [0, 0.1) is 5.41 Å². The summed E-state index contributed by atoms with van der Waals surface area (Å²) in [6, 6.07) is -0.706. The van der Waals surface area contributed by atoms with Gasteiger partial charge in [0.05, 0.1) is 40.8 Å². The van der Waals surface area contributed by atoms with Gasteiger partial charge in [-0.1, -0.05) is 0 Å². The van der Waals surface area contributed by atoms with Crippen molar-refractivity contribution in [3.05, 3.63) is 39.6 Å². The average molecular weight is 355 g/mol. The van der Waals surface area contributed by atoms with E-state index in [0.29, 0.717) is 5.69 Å². The van der Waals surface area contributed by atoms with Gasteiger partial charge in [0.15, 0.2) is 0 Å². The van der Waals surface area contributed by atoms with Crippen molar-refractivity contribution in [3.8, 4) is 0 Å². The van der Waals surface area contributed by atoms with Crippen molar-refractivity contribution in [1.29, 1.82) is 0 Å². The number of hydrogen-bond acceptors (Lipinski definition) is 6. The molecule has 4 aliphatic heterocycles. The number of thioether (sulfide) groups is 1. The maximum absolute atomic E-state index is 13.2.